The minimum Gasteiger partial charge on any atom is -0.497 e. The molecule has 0 radical (unpaired) electrons. The summed E-state index contributed by atoms with van der Waals surface area (Å²) in [5.74, 6) is 0.207. The van der Waals surface area contributed by atoms with Crippen LogP contribution in [0.2, 0.25) is 0 Å². The average Bonchev–Trinajstić information content (AvgIpc) is 3.01. The molecule has 1 heterocycles. The van der Waals surface area contributed by atoms with Gasteiger partial charge in [-0.1, -0.05) is 0 Å². The van der Waals surface area contributed by atoms with Gasteiger partial charge in [-0.25, -0.2) is 4.39 Å². The summed E-state index contributed by atoms with van der Waals surface area (Å²) in [5, 5.41) is 2.85. The number of anilines is 1. The van der Waals surface area contributed by atoms with Crippen LogP contribution in [0.3, 0.4) is 0 Å². The Morgan fingerprint density at radius 1 is 1.12 bits per heavy atom. The molecule has 136 valence electrons. The number of hydrogen-bond donors (Lipinski definition) is 1. The molecule has 0 aliphatic carbocycles. The van der Waals surface area contributed by atoms with Gasteiger partial charge in [0.25, 0.3) is 5.91 Å². The number of benzene rings is 2. The molecule has 1 N–H and O–H groups in total. The van der Waals surface area contributed by atoms with Crippen molar-refractivity contribution in [1.82, 2.24) is 5.32 Å². The molecule has 3 rings (SSSR count). The number of rotatable bonds is 5. The van der Waals surface area contributed by atoms with Crippen LogP contribution >= 0.6 is 0 Å². The molecule has 0 saturated carbocycles. The zero-order chi connectivity index (χ0) is 18.7. The topological polar surface area (TPSA) is 67.9 Å². The predicted molar refractivity (Wildman–Crippen MR) is 94.2 cm³/mol. The Labute approximate surface area is 150 Å². The van der Waals surface area contributed by atoms with Crippen molar-refractivity contribution in [2.24, 2.45) is 0 Å². The number of methoxy groups -OCH3 is 2. The third kappa shape index (κ3) is 3.77. The molecule has 2 aromatic carbocycles. The molecule has 2 aromatic rings. The number of carbonyl (C=O) groups excluding carboxylic acids is 2. The normalized spacial score (nSPS) is 16.5. The van der Waals surface area contributed by atoms with Crippen LogP contribution in [0.5, 0.6) is 11.5 Å². The second-order valence-electron chi connectivity index (χ2n) is 5.96. The van der Waals surface area contributed by atoms with E-state index in [0.717, 1.165) is 0 Å². The van der Waals surface area contributed by atoms with E-state index in [4.69, 9.17) is 9.47 Å². The Bertz CT molecular complexity index is 801. The lowest BCUT2D eigenvalue weighted by Gasteiger charge is -2.17. The maximum atomic E-state index is 13.0. The Morgan fingerprint density at radius 2 is 1.73 bits per heavy atom. The molecule has 1 atom stereocenters. The van der Waals surface area contributed by atoms with Crippen molar-refractivity contribution >= 4 is 17.5 Å². The van der Waals surface area contributed by atoms with Crippen LogP contribution in [0.15, 0.2) is 42.5 Å². The van der Waals surface area contributed by atoms with E-state index in [1.165, 1.54) is 31.3 Å². The van der Waals surface area contributed by atoms with Crippen LogP contribution in [-0.2, 0) is 4.79 Å². The van der Waals surface area contributed by atoms with Gasteiger partial charge >= 0.3 is 0 Å². The number of amides is 2. The highest BCUT2D eigenvalue weighted by atomic mass is 19.1. The zero-order valence-corrected chi connectivity index (χ0v) is 14.5. The monoisotopic (exact) mass is 358 g/mol. The molecule has 0 bridgehead atoms. The van der Waals surface area contributed by atoms with Gasteiger partial charge in [0.1, 0.15) is 17.3 Å². The summed E-state index contributed by atoms with van der Waals surface area (Å²) in [4.78, 5) is 26.3. The molecule has 2 amide bonds. The quantitative estimate of drug-likeness (QED) is 0.891. The van der Waals surface area contributed by atoms with Gasteiger partial charge in [-0.2, -0.15) is 0 Å². The second kappa shape index (κ2) is 7.43. The second-order valence-corrected chi connectivity index (χ2v) is 5.96. The van der Waals surface area contributed by atoms with E-state index in [-0.39, 0.29) is 30.1 Å². The Balaban J connectivity index is 1.71. The molecule has 7 heteroatoms. The lowest BCUT2D eigenvalue weighted by atomic mass is 10.1. The maximum absolute atomic E-state index is 13.0. The first-order chi connectivity index (χ1) is 12.5. The molecule has 1 saturated heterocycles. The Kier molecular flexibility index (Phi) is 5.06. The highest BCUT2D eigenvalue weighted by Gasteiger charge is 2.31. The SMILES string of the molecule is COc1cc(OC)cc(C(=O)N[C@H]2CC(=O)N(c3ccc(F)cc3)C2)c1. The fourth-order valence-electron chi connectivity index (χ4n) is 2.88. The van der Waals surface area contributed by atoms with Crippen LogP contribution in [0.1, 0.15) is 16.8 Å². The Morgan fingerprint density at radius 3 is 2.31 bits per heavy atom. The minimum atomic E-state index is -0.364. The molecule has 0 spiro atoms. The number of nitrogens with zero attached hydrogens (tertiary/aromatic N) is 1. The summed E-state index contributed by atoms with van der Waals surface area (Å²) in [6.07, 6.45) is 0.185. The summed E-state index contributed by atoms with van der Waals surface area (Å²) < 4.78 is 23.4. The number of hydrogen-bond acceptors (Lipinski definition) is 4. The number of nitrogens with one attached hydrogen (secondary N) is 1. The van der Waals surface area contributed by atoms with Crippen LogP contribution in [-0.4, -0.2) is 38.6 Å². The first kappa shape index (κ1) is 17.7. The highest BCUT2D eigenvalue weighted by molar-refractivity contribution is 5.99. The standard InChI is InChI=1S/C19H19FN2O4/c1-25-16-7-12(8-17(10-16)26-2)19(24)21-14-9-18(23)22(11-14)15-5-3-13(20)4-6-15/h3-8,10,14H,9,11H2,1-2H3,(H,21,24)/t14-/m0/s1. The summed E-state index contributed by atoms with van der Waals surface area (Å²) in [7, 11) is 3.01. The molecule has 1 aliphatic heterocycles. The summed E-state index contributed by atoms with van der Waals surface area (Å²) in [5.41, 5.74) is 0.991. The van der Waals surface area contributed by atoms with Crippen LogP contribution in [0, 0.1) is 5.82 Å². The number of carbonyl (C=O) groups is 2. The third-order valence-corrected chi connectivity index (χ3v) is 4.21. The fraction of sp³-hybridized carbons (Fsp3) is 0.263. The van der Waals surface area contributed by atoms with Crippen molar-refractivity contribution in [2.75, 3.05) is 25.7 Å². The van der Waals surface area contributed by atoms with Crippen LogP contribution < -0.4 is 19.7 Å². The van der Waals surface area contributed by atoms with E-state index < -0.39 is 0 Å². The molecule has 1 aliphatic rings. The van der Waals surface area contributed by atoms with E-state index in [2.05, 4.69) is 5.32 Å². The molecule has 0 unspecified atom stereocenters. The van der Waals surface area contributed by atoms with E-state index >= 15 is 0 Å². The minimum absolute atomic E-state index is 0.120. The summed E-state index contributed by atoms with van der Waals surface area (Å²) in [6, 6.07) is 10.2. The van der Waals surface area contributed by atoms with E-state index in [9.17, 15) is 14.0 Å². The van der Waals surface area contributed by atoms with Crippen LogP contribution in [0.4, 0.5) is 10.1 Å². The summed E-state index contributed by atoms with van der Waals surface area (Å²) >= 11 is 0. The number of halogens is 1. The summed E-state index contributed by atoms with van der Waals surface area (Å²) in [6.45, 7) is 0.331. The predicted octanol–water partition coefficient (Wildman–Crippen LogP) is 2.38. The van der Waals surface area contributed by atoms with Gasteiger partial charge < -0.3 is 19.7 Å². The van der Waals surface area contributed by atoms with Gasteiger partial charge in [-0.15, -0.1) is 0 Å². The van der Waals surface area contributed by atoms with Gasteiger partial charge in [0, 0.05) is 30.3 Å². The molecular weight excluding hydrogens is 339 g/mol. The zero-order valence-electron chi connectivity index (χ0n) is 14.5. The van der Waals surface area contributed by atoms with E-state index in [0.29, 0.717) is 29.3 Å². The van der Waals surface area contributed by atoms with Crippen molar-refractivity contribution in [3.8, 4) is 11.5 Å². The molecule has 0 aromatic heterocycles. The lowest BCUT2D eigenvalue weighted by Crippen LogP contribution is -2.37. The number of ether oxygens (including phenoxy) is 2. The molecule has 26 heavy (non-hydrogen) atoms. The fourth-order valence-corrected chi connectivity index (χ4v) is 2.88. The van der Waals surface area contributed by atoms with E-state index in [1.54, 1.807) is 30.3 Å². The lowest BCUT2D eigenvalue weighted by molar-refractivity contribution is -0.117. The van der Waals surface area contributed by atoms with Gasteiger partial charge in [-0.3, -0.25) is 9.59 Å². The largest absolute Gasteiger partial charge is 0.497 e. The van der Waals surface area contributed by atoms with Crippen molar-refractivity contribution in [3.63, 3.8) is 0 Å². The van der Waals surface area contributed by atoms with Crippen molar-refractivity contribution in [1.29, 1.82) is 0 Å². The van der Waals surface area contributed by atoms with E-state index in [1.807, 2.05) is 0 Å². The van der Waals surface area contributed by atoms with Crippen molar-refractivity contribution < 1.29 is 23.5 Å². The highest BCUT2D eigenvalue weighted by Crippen LogP contribution is 2.24. The van der Waals surface area contributed by atoms with Crippen molar-refractivity contribution in [2.45, 2.75) is 12.5 Å². The van der Waals surface area contributed by atoms with Gasteiger partial charge in [0.2, 0.25) is 5.91 Å². The van der Waals surface area contributed by atoms with Gasteiger partial charge in [-0.05, 0) is 36.4 Å². The Hall–Kier alpha value is -3.09. The molecule has 1 fully saturated rings. The first-order valence-electron chi connectivity index (χ1n) is 8.10. The first-order valence-corrected chi connectivity index (χ1v) is 8.10. The van der Waals surface area contributed by atoms with Crippen LogP contribution in [0.25, 0.3) is 0 Å². The van der Waals surface area contributed by atoms with Crippen molar-refractivity contribution in [3.05, 3.63) is 53.8 Å². The average molecular weight is 358 g/mol. The molecular formula is C19H19FN2O4. The smallest absolute Gasteiger partial charge is 0.251 e. The maximum Gasteiger partial charge on any atom is 0.251 e. The van der Waals surface area contributed by atoms with Gasteiger partial charge in [0.05, 0.1) is 20.3 Å². The molecule has 6 nitrogen and oxygen atoms in total. The third-order valence-electron chi connectivity index (χ3n) is 4.21. The van der Waals surface area contributed by atoms with Gasteiger partial charge in [0.15, 0.2) is 0 Å².